The molecule has 1 amide bonds. The molecule has 1 N–H and O–H groups in total. The Morgan fingerprint density at radius 1 is 1.17 bits per heavy atom. The van der Waals surface area contributed by atoms with E-state index in [1.54, 1.807) is 12.1 Å². The van der Waals surface area contributed by atoms with Crippen molar-refractivity contribution in [1.82, 2.24) is 4.72 Å². The normalized spacial score (nSPS) is 16.9. The van der Waals surface area contributed by atoms with Crippen LogP contribution in [0.4, 0.5) is 5.69 Å². The summed E-state index contributed by atoms with van der Waals surface area (Å²) in [7, 11) is -7.41. The molecule has 2 aromatic rings. The summed E-state index contributed by atoms with van der Waals surface area (Å²) in [5.74, 6) is -0.450. The summed E-state index contributed by atoms with van der Waals surface area (Å²) < 4.78 is 58.0. The van der Waals surface area contributed by atoms with Crippen LogP contribution in [-0.2, 0) is 31.4 Å². The van der Waals surface area contributed by atoms with E-state index in [9.17, 15) is 21.6 Å². The number of anilines is 1. The van der Waals surface area contributed by atoms with Gasteiger partial charge in [0.2, 0.25) is 0 Å². The first-order valence-electron chi connectivity index (χ1n) is 9.44. The van der Waals surface area contributed by atoms with Gasteiger partial charge in [-0.15, -0.1) is 0 Å². The Labute approximate surface area is 177 Å². The minimum absolute atomic E-state index is 0.157. The number of rotatable bonds is 8. The number of amides is 1. The van der Waals surface area contributed by atoms with E-state index in [2.05, 4.69) is 0 Å². The highest BCUT2D eigenvalue weighted by Crippen LogP contribution is 2.37. The average Bonchev–Trinajstić information content (AvgIpc) is 2.96. The zero-order valence-electron chi connectivity index (χ0n) is 16.7. The number of nitrogens with zero attached hydrogens (tertiary/aromatic N) is 1. The Bertz CT molecular complexity index is 1130. The number of ether oxygens (including phenoxy) is 1. The van der Waals surface area contributed by atoms with Crippen molar-refractivity contribution in [3.8, 4) is 5.75 Å². The zero-order chi connectivity index (χ0) is 21.9. The topological polar surface area (TPSA) is 110 Å². The fourth-order valence-electron chi connectivity index (χ4n) is 3.34. The Hall–Kier alpha value is -2.59. The zero-order valence-corrected chi connectivity index (χ0v) is 18.4. The van der Waals surface area contributed by atoms with Gasteiger partial charge in [-0.3, -0.25) is 4.79 Å². The molecule has 0 bridgehead atoms. The highest BCUT2D eigenvalue weighted by atomic mass is 32.2. The van der Waals surface area contributed by atoms with Crippen molar-refractivity contribution in [2.24, 2.45) is 0 Å². The molecule has 30 heavy (non-hydrogen) atoms. The number of carbonyl (C=O) groups excluding carboxylic acids is 1. The van der Waals surface area contributed by atoms with Crippen LogP contribution in [0.1, 0.15) is 36.1 Å². The summed E-state index contributed by atoms with van der Waals surface area (Å²) in [6.07, 6.45) is 2.27. The van der Waals surface area contributed by atoms with Crippen molar-refractivity contribution >= 4 is 31.6 Å². The van der Waals surface area contributed by atoms with Crippen LogP contribution in [-0.4, -0.2) is 35.5 Å². The molecular formula is C20H24N2O6S2. The van der Waals surface area contributed by atoms with Gasteiger partial charge in [-0.2, -0.15) is 8.42 Å². The van der Waals surface area contributed by atoms with E-state index < -0.39 is 31.2 Å². The first kappa shape index (κ1) is 22.1. The molecule has 1 fully saturated rings. The fraction of sp³-hybridized carbons (Fsp3) is 0.350. The molecule has 0 aliphatic carbocycles. The van der Waals surface area contributed by atoms with E-state index in [4.69, 9.17) is 4.74 Å². The molecule has 0 spiro atoms. The van der Waals surface area contributed by atoms with Crippen molar-refractivity contribution in [1.29, 1.82) is 0 Å². The predicted molar refractivity (Wildman–Crippen MR) is 114 cm³/mol. The summed E-state index contributed by atoms with van der Waals surface area (Å²) in [5.41, 5.74) is 1.55. The van der Waals surface area contributed by atoms with Gasteiger partial charge in [-0.05, 0) is 29.7 Å². The first-order chi connectivity index (χ1) is 14.1. The Morgan fingerprint density at radius 2 is 1.87 bits per heavy atom. The number of benzene rings is 2. The summed E-state index contributed by atoms with van der Waals surface area (Å²) in [6, 6.07) is 13.9. The molecule has 1 unspecified atom stereocenters. The van der Waals surface area contributed by atoms with Gasteiger partial charge >= 0.3 is 10.2 Å². The molecule has 162 valence electrons. The lowest BCUT2D eigenvalue weighted by atomic mass is 10.1. The van der Waals surface area contributed by atoms with E-state index in [-0.39, 0.29) is 24.6 Å². The van der Waals surface area contributed by atoms with Crippen LogP contribution in [0.3, 0.4) is 0 Å². The SMILES string of the molecule is CCCC(c1ccc(N2CC(=O)NS2(=O)=O)c(OCc2ccccc2)c1)S(C)(=O)=O. The molecule has 10 heteroatoms. The van der Waals surface area contributed by atoms with Gasteiger partial charge in [0.05, 0.1) is 10.9 Å². The molecule has 1 atom stereocenters. The molecule has 0 radical (unpaired) electrons. The van der Waals surface area contributed by atoms with Gasteiger partial charge in [-0.25, -0.2) is 17.4 Å². The van der Waals surface area contributed by atoms with E-state index in [1.165, 1.54) is 12.3 Å². The van der Waals surface area contributed by atoms with Gasteiger partial charge in [0.15, 0.2) is 9.84 Å². The minimum atomic E-state index is -4.03. The lowest BCUT2D eigenvalue weighted by Crippen LogP contribution is -2.30. The number of sulfone groups is 1. The van der Waals surface area contributed by atoms with Crippen LogP contribution in [0.5, 0.6) is 5.75 Å². The third kappa shape index (κ3) is 4.93. The van der Waals surface area contributed by atoms with Gasteiger partial charge < -0.3 is 4.74 Å². The Kier molecular flexibility index (Phi) is 6.37. The van der Waals surface area contributed by atoms with Crippen LogP contribution in [0.15, 0.2) is 48.5 Å². The standard InChI is InChI=1S/C20H24N2O6S2/c1-3-7-19(29(2,24)25)16-10-11-17(22-13-20(23)21-30(22,26)27)18(12-16)28-14-15-8-5-4-6-9-15/h4-6,8-12,19H,3,7,13-14H2,1-2H3,(H,21,23). The van der Waals surface area contributed by atoms with Crippen molar-refractivity contribution in [3.63, 3.8) is 0 Å². The van der Waals surface area contributed by atoms with Crippen LogP contribution in [0.2, 0.25) is 0 Å². The third-order valence-electron chi connectivity index (χ3n) is 4.75. The monoisotopic (exact) mass is 452 g/mol. The van der Waals surface area contributed by atoms with E-state index in [1.807, 2.05) is 42.0 Å². The molecule has 2 aromatic carbocycles. The molecule has 1 saturated heterocycles. The molecule has 0 aromatic heterocycles. The molecule has 8 nitrogen and oxygen atoms in total. The van der Waals surface area contributed by atoms with Crippen LogP contribution in [0, 0.1) is 0 Å². The van der Waals surface area contributed by atoms with Crippen molar-refractivity contribution in [2.45, 2.75) is 31.6 Å². The van der Waals surface area contributed by atoms with Crippen molar-refractivity contribution in [2.75, 3.05) is 17.1 Å². The maximum Gasteiger partial charge on any atom is 0.326 e. The Morgan fingerprint density at radius 3 is 2.43 bits per heavy atom. The average molecular weight is 453 g/mol. The molecular weight excluding hydrogens is 428 g/mol. The second-order valence-electron chi connectivity index (χ2n) is 7.15. The highest BCUT2D eigenvalue weighted by molar-refractivity contribution is 7.92. The lowest BCUT2D eigenvalue weighted by Gasteiger charge is -2.22. The summed E-state index contributed by atoms with van der Waals surface area (Å²) >= 11 is 0. The number of nitrogens with one attached hydrogen (secondary N) is 1. The van der Waals surface area contributed by atoms with E-state index >= 15 is 0 Å². The van der Waals surface area contributed by atoms with Gasteiger partial charge in [0.1, 0.15) is 18.9 Å². The van der Waals surface area contributed by atoms with Crippen LogP contribution < -0.4 is 13.8 Å². The first-order valence-corrected chi connectivity index (χ1v) is 12.8. The highest BCUT2D eigenvalue weighted by Gasteiger charge is 2.36. The fourth-order valence-corrected chi connectivity index (χ4v) is 5.80. The smallest absolute Gasteiger partial charge is 0.326 e. The van der Waals surface area contributed by atoms with Crippen LogP contribution in [0.25, 0.3) is 0 Å². The van der Waals surface area contributed by atoms with E-state index in [0.717, 1.165) is 9.87 Å². The number of hydrogen-bond donors (Lipinski definition) is 1. The van der Waals surface area contributed by atoms with E-state index in [0.29, 0.717) is 18.4 Å². The van der Waals surface area contributed by atoms with Crippen molar-refractivity contribution < 1.29 is 26.4 Å². The summed E-state index contributed by atoms with van der Waals surface area (Å²) in [5, 5.41) is -0.731. The third-order valence-corrected chi connectivity index (χ3v) is 7.68. The Balaban J connectivity index is 2.04. The lowest BCUT2D eigenvalue weighted by molar-refractivity contribution is -0.117. The predicted octanol–water partition coefficient (Wildman–Crippen LogP) is 2.33. The summed E-state index contributed by atoms with van der Waals surface area (Å²) in [6.45, 7) is 1.69. The second kappa shape index (κ2) is 8.65. The molecule has 0 saturated carbocycles. The minimum Gasteiger partial charge on any atom is -0.487 e. The quantitative estimate of drug-likeness (QED) is 0.658. The molecule has 3 rings (SSSR count). The van der Waals surface area contributed by atoms with Gasteiger partial charge in [0.25, 0.3) is 5.91 Å². The van der Waals surface area contributed by atoms with Gasteiger partial charge in [0, 0.05) is 6.26 Å². The summed E-state index contributed by atoms with van der Waals surface area (Å²) in [4.78, 5) is 11.7. The number of hydrogen-bond acceptors (Lipinski definition) is 6. The maximum atomic E-state index is 12.3. The van der Waals surface area contributed by atoms with Crippen LogP contribution >= 0.6 is 0 Å². The number of carbonyl (C=O) groups is 1. The van der Waals surface area contributed by atoms with Crippen molar-refractivity contribution in [3.05, 3.63) is 59.7 Å². The second-order valence-corrected chi connectivity index (χ2v) is 11.0. The van der Waals surface area contributed by atoms with Gasteiger partial charge in [-0.1, -0.05) is 49.7 Å². The molecule has 1 aliphatic heterocycles. The maximum absolute atomic E-state index is 12.3. The molecule has 1 aliphatic rings. The largest absolute Gasteiger partial charge is 0.487 e. The molecule has 1 heterocycles.